The second kappa shape index (κ2) is 15.1. The summed E-state index contributed by atoms with van der Waals surface area (Å²) < 4.78 is 10.6. The Morgan fingerprint density at radius 2 is 1.10 bits per heavy atom. The molecule has 0 saturated heterocycles. The first kappa shape index (κ1) is 25.5. The van der Waals surface area contributed by atoms with Crippen molar-refractivity contribution in [3.63, 3.8) is 0 Å². The highest BCUT2D eigenvalue weighted by Gasteiger charge is 2.39. The summed E-state index contributed by atoms with van der Waals surface area (Å²) in [6.45, 7) is 0.898. The highest BCUT2D eigenvalue weighted by Crippen LogP contribution is 2.26. The number of carbonyl (C=O) groups excluding carboxylic acids is 2. The van der Waals surface area contributed by atoms with Crippen molar-refractivity contribution >= 4 is 11.8 Å². The van der Waals surface area contributed by atoms with Crippen LogP contribution in [0.1, 0.15) is 111 Å². The van der Waals surface area contributed by atoms with Crippen LogP contribution in [0.2, 0.25) is 0 Å². The lowest BCUT2D eigenvalue weighted by Crippen LogP contribution is -2.41. The molecule has 0 bridgehead atoms. The number of fused-ring (bicyclic) bond motifs is 1. The molecule has 1 aromatic rings. The Kier molecular flexibility index (Phi) is 12.5. The molecule has 0 saturated carbocycles. The maximum Gasteiger partial charge on any atom is 0.263 e. The molecular weight excluding hydrogens is 390 g/mol. The van der Waals surface area contributed by atoms with Gasteiger partial charge in [0.1, 0.15) is 6.23 Å². The lowest BCUT2D eigenvalue weighted by molar-refractivity contribution is -0.0147. The van der Waals surface area contributed by atoms with Crippen LogP contribution < -0.4 is 0 Å². The van der Waals surface area contributed by atoms with E-state index < -0.39 is 6.23 Å². The van der Waals surface area contributed by atoms with E-state index in [2.05, 4.69) is 0 Å². The van der Waals surface area contributed by atoms with Crippen molar-refractivity contribution in [1.82, 2.24) is 4.90 Å². The average Bonchev–Trinajstić information content (AvgIpc) is 3.04. The summed E-state index contributed by atoms with van der Waals surface area (Å²) in [7, 11) is 3.35. The molecule has 2 amide bonds. The number of hydrogen-bond donors (Lipinski definition) is 0. The summed E-state index contributed by atoms with van der Waals surface area (Å²) in [5.74, 6) is -0.468. The maximum absolute atomic E-state index is 12.6. The van der Waals surface area contributed by atoms with Crippen LogP contribution in [0.4, 0.5) is 0 Å². The van der Waals surface area contributed by atoms with E-state index in [4.69, 9.17) is 9.47 Å². The SMILES string of the molecule is COCCCCCCCCCCCCCCCC(OC)N1C(=O)c2ccccc2C1=O. The van der Waals surface area contributed by atoms with E-state index in [1.807, 2.05) is 0 Å². The van der Waals surface area contributed by atoms with Crippen LogP contribution in [0.15, 0.2) is 24.3 Å². The number of rotatable bonds is 18. The van der Waals surface area contributed by atoms with Crippen LogP contribution >= 0.6 is 0 Å². The third-order valence-corrected chi connectivity index (χ3v) is 6.19. The third kappa shape index (κ3) is 8.38. The van der Waals surface area contributed by atoms with Gasteiger partial charge in [-0.2, -0.15) is 0 Å². The number of ether oxygens (including phenoxy) is 2. The topological polar surface area (TPSA) is 55.8 Å². The molecule has 2 rings (SSSR count). The lowest BCUT2D eigenvalue weighted by atomic mass is 10.0. The fraction of sp³-hybridized carbons (Fsp3) is 0.692. The minimum atomic E-state index is -0.470. The van der Waals surface area contributed by atoms with Crippen molar-refractivity contribution in [3.05, 3.63) is 35.4 Å². The zero-order valence-electron chi connectivity index (χ0n) is 19.6. The summed E-state index contributed by atoms with van der Waals surface area (Å²) in [6, 6.07) is 7.01. The molecule has 0 aliphatic carbocycles. The van der Waals surface area contributed by atoms with Crippen LogP contribution in [-0.2, 0) is 9.47 Å². The van der Waals surface area contributed by atoms with E-state index in [0.29, 0.717) is 17.5 Å². The molecule has 0 spiro atoms. The fourth-order valence-corrected chi connectivity index (χ4v) is 4.33. The molecule has 0 radical (unpaired) electrons. The molecular formula is C26H41NO4. The number of nitrogens with zero attached hydrogens (tertiary/aromatic N) is 1. The van der Waals surface area contributed by atoms with Gasteiger partial charge in [-0.1, -0.05) is 82.8 Å². The summed E-state index contributed by atoms with van der Waals surface area (Å²) in [5.41, 5.74) is 0.973. The van der Waals surface area contributed by atoms with E-state index in [-0.39, 0.29) is 11.8 Å². The number of hydrogen-bond acceptors (Lipinski definition) is 4. The molecule has 5 heteroatoms. The smallest absolute Gasteiger partial charge is 0.263 e. The van der Waals surface area contributed by atoms with Crippen molar-refractivity contribution in [1.29, 1.82) is 0 Å². The van der Waals surface area contributed by atoms with Gasteiger partial charge in [0, 0.05) is 20.8 Å². The lowest BCUT2D eigenvalue weighted by Gasteiger charge is -2.24. The van der Waals surface area contributed by atoms with Gasteiger partial charge in [0.2, 0.25) is 0 Å². The highest BCUT2D eigenvalue weighted by molar-refractivity contribution is 6.21. The predicted molar refractivity (Wildman–Crippen MR) is 124 cm³/mol. The van der Waals surface area contributed by atoms with Gasteiger partial charge >= 0.3 is 0 Å². The zero-order valence-corrected chi connectivity index (χ0v) is 19.6. The number of methoxy groups -OCH3 is 2. The summed E-state index contributed by atoms with van der Waals surface area (Å²) in [4.78, 5) is 26.5. The third-order valence-electron chi connectivity index (χ3n) is 6.19. The average molecular weight is 432 g/mol. The zero-order chi connectivity index (χ0) is 22.3. The Morgan fingerprint density at radius 1 is 0.677 bits per heavy atom. The molecule has 1 aromatic carbocycles. The summed E-state index contributed by atoms with van der Waals surface area (Å²) in [6.07, 6.45) is 16.7. The minimum absolute atomic E-state index is 0.234. The second-order valence-electron chi connectivity index (χ2n) is 8.59. The van der Waals surface area contributed by atoms with Gasteiger partial charge in [0.25, 0.3) is 11.8 Å². The van der Waals surface area contributed by atoms with Crippen LogP contribution in [-0.4, -0.2) is 43.8 Å². The standard InChI is InChI=1S/C26H41NO4/c1-30-21-17-13-11-9-7-5-3-4-6-8-10-12-14-20-24(31-2)27-25(28)22-18-15-16-19-23(22)26(27)29/h15-16,18-19,24H,3-14,17,20-21H2,1-2H3. The Bertz CT molecular complexity index is 626. The Morgan fingerprint density at radius 3 is 1.52 bits per heavy atom. The van der Waals surface area contributed by atoms with Gasteiger partial charge in [0.05, 0.1) is 11.1 Å². The fourth-order valence-electron chi connectivity index (χ4n) is 4.33. The van der Waals surface area contributed by atoms with Crippen molar-refractivity contribution < 1.29 is 19.1 Å². The normalized spacial score (nSPS) is 14.3. The van der Waals surface area contributed by atoms with Crippen molar-refractivity contribution in [3.8, 4) is 0 Å². The first-order chi connectivity index (χ1) is 15.2. The molecule has 31 heavy (non-hydrogen) atoms. The molecule has 1 unspecified atom stereocenters. The van der Waals surface area contributed by atoms with Crippen LogP contribution in [0.5, 0.6) is 0 Å². The molecule has 1 aliphatic heterocycles. The summed E-state index contributed by atoms with van der Waals surface area (Å²) in [5, 5.41) is 0. The first-order valence-electron chi connectivity index (χ1n) is 12.2. The molecule has 1 heterocycles. The molecule has 174 valence electrons. The molecule has 0 aromatic heterocycles. The van der Waals surface area contributed by atoms with Crippen LogP contribution in [0.3, 0.4) is 0 Å². The van der Waals surface area contributed by atoms with E-state index in [9.17, 15) is 9.59 Å². The number of imide groups is 1. The maximum atomic E-state index is 12.6. The summed E-state index contributed by atoms with van der Waals surface area (Å²) >= 11 is 0. The Balaban J connectivity index is 1.48. The number of amides is 2. The largest absolute Gasteiger partial charge is 0.385 e. The van der Waals surface area contributed by atoms with Crippen LogP contribution in [0.25, 0.3) is 0 Å². The van der Waals surface area contributed by atoms with Gasteiger partial charge in [-0.15, -0.1) is 0 Å². The predicted octanol–water partition coefficient (Wildman–Crippen LogP) is 6.36. The van der Waals surface area contributed by atoms with E-state index in [1.54, 1.807) is 38.5 Å². The highest BCUT2D eigenvalue weighted by atomic mass is 16.5. The van der Waals surface area contributed by atoms with Crippen molar-refractivity contribution in [2.24, 2.45) is 0 Å². The minimum Gasteiger partial charge on any atom is -0.385 e. The van der Waals surface area contributed by atoms with Gasteiger partial charge in [-0.3, -0.25) is 9.59 Å². The van der Waals surface area contributed by atoms with Gasteiger partial charge in [-0.25, -0.2) is 4.90 Å². The number of unbranched alkanes of at least 4 members (excludes halogenated alkanes) is 12. The van der Waals surface area contributed by atoms with E-state index in [0.717, 1.165) is 19.4 Å². The van der Waals surface area contributed by atoms with Crippen LogP contribution in [0, 0.1) is 0 Å². The molecule has 5 nitrogen and oxygen atoms in total. The number of benzene rings is 1. The molecule has 0 N–H and O–H groups in total. The Hall–Kier alpha value is -1.72. The molecule has 0 fully saturated rings. The number of carbonyl (C=O) groups is 2. The van der Waals surface area contributed by atoms with Crippen molar-refractivity contribution in [2.45, 2.75) is 96.1 Å². The van der Waals surface area contributed by atoms with Gasteiger partial charge in [0.15, 0.2) is 0 Å². The molecule has 1 atom stereocenters. The first-order valence-corrected chi connectivity index (χ1v) is 12.2. The Labute approximate surface area is 188 Å². The van der Waals surface area contributed by atoms with E-state index >= 15 is 0 Å². The van der Waals surface area contributed by atoms with E-state index in [1.165, 1.54) is 75.5 Å². The monoisotopic (exact) mass is 431 g/mol. The van der Waals surface area contributed by atoms with Gasteiger partial charge in [-0.05, 0) is 31.4 Å². The molecule has 1 aliphatic rings. The second-order valence-corrected chi connectivity index (χ2v) is 8.59. The van der Waals surface area contributed by atoms with Gasteiger partial charge < -0.3 is 9.47 Å². The quantitative estimate of drug-likeness (QED) is 0.200. The van der Waals surface area contributed by atoms with Crippen molar-refractivity contribution in [2.75, 3.05) is 20.8 Å².